The van der Waals surface area contributed by atoms with E-state index in [1.807, 2.05) is 60.7 Å². The molecule has 47 heavy (non-hydrogen) atoms. The fourth-order valence-corrected chi connectivity index (χ4v) is 5.75. The Balaban J connectivity index is 1.11. The van der Waals surface area contributed by atoms with Crippen molar-refractivity contribution >= 4 is 40.7 Å². The first-order valence-corrected chi connectivity index (χ1v) is 15.1. The number of nitrogens with zero attached hydrogens (tertiary/aromatic N) is 4. The zero-order chi connectivity index (χ0) is 32.2. The Labute approximate surface area is 269 Å². The van der Waals surface area contributed by atoms with Crippen LogP contribution in [0.25, 0.3) is 17.2 Å². The minimum Gasteiger partial charge on any atom is -0.478 e. The summed E-state index contributed by atoms with van der Waals surface area (Å²) in [5.74, 6) is -0.750. The highest BCUT2D eigenvalue weighted by Crippen LogP contribution is 2.41. The van der Waals surface area contributed by atoms with Crippen LogP contribution in [0.1, 0.15) is 27.7 Å². The van der Waals surface area contributed by atoms with Gasteiger partial charge in [-0.1, -0.05) is 72.8 Å². The standard InChI is InChI=1S/C34H31N7O6/c42-33(43)24-14-8-7-11-22(24)17-35-18-25-28-29(47-26(46-28)16-15-21-9-3-1-4-10-21)32(45-25)41-20-38-27-30(36-19-37-31(27)41)40-34(44)39-23-12-5-2-6-13-23/h1-16,19-20,25-26,28-29,32,35H,17-18H2,(H,42,43)(H2,36,37,39,40,44)/b16-15+/t25-,26+,28+,29?,32-/m1/s1. The van der Waals surface area contributed by atoms with E-state index in [4.69, 9.17) is 14.2 Å². The summed E-state index contributed by atoms with van der Waals surface area (Å²) >= 11 is 0. The van der Waals surface area contributed by atoms with Gasteiger partial charge in [-0.05, 0) is 35.4 Å². The van der Waals surface area contributed by atoms with Gasteiger partial charge in [0.1, 0.15) is 24.6 Å². The molecule has 3 aromatic carbocycles. The minimum atomic E-state index is -0.986. The van der Waals surface area contributed by atoms with E-state index in [0.717, 1.165) is 5.56 Å². The van der Waals surface area contributed by atoms with Crippen LogP contribution in [0.3, 0.4) is 0 Å². The number of aromatic carboxylic acids is 1. The van der Waals surface area contributed by atoms with E-state index < -0.39 is 42.8 Å². The minimum absolute atomic E-state index is 0.235. The topological polar surface area (TPSA) is 162 Å². The van der Waals surface area contributed by atoms with Crippen LogP contribution in [0.2, 0.25) is 0 Å². The lowest BCUT2D eigenvalue weighted by molar-refractivity contribution is -0.124. The van der Waals surface area contributed by atoms with Crippen LogP contribution < -0.4 is 16.0 Å². The maximum absolute atomic E-state index is 12.7. The number of hydrogen-bond acceptors (Lipinski definition) is 9. The highest BCUT2D eigenvalue weighted by Gasteiger charge is 2.53. The van der Waals surface area contributed by atoms with E-state index in [2.05, 4.69) is 30.9 Å². The molecule has 0 aliphatic carbocycles. The number of fused-ring (bicyclic) bond motifs is 2. The van der Waals surface area contributed by atoms with Gasteiger partial charge < -0.3 is 30.0 Å². The van der Waals surface area contributed by atoms with Gasteiger partial charge in [-0.2, -0.15) is 0 Å². The SMILES string of the molecule is O=C(Nc1ccccc1)Nc1ncnc2c1ncn2[C@@H]1O[C@H](CNCc2ccccc2C(=O)O)[C@@H]2O[C@H](/C=C/c3ccccc3)OC21. The van der Waals surface area contributed by atoms with Crippen molar-refractivity contribution in [1.29, 1.82) is 0 Å². The van der Waals surface area contributed by atoms with E-state index in [0.29, 0.717) is 35.5 Å². The maximum Gasteiger partial charge on any atom is 0.336 e. The molecular formula is C34H31N7O6. The number of imidazole rings is 1. The molecule has 4 heterocycles. The number of rotatable bonds is 10. The second-order valence-corrected chi connectivity index (χ2v) is 11.0. The fraction of sp³-hybridized carbons (Fsp3) is 0.206. The number of carboxylic acid groups (broad SMARTS) is 1. The Morgan fingerprint density at radius 1 is 0.851 bits per heavy atom. The van der Waals surface area contributed by atoms with Gasteiger partial charge in [0.05, 0.1) is 11.9 Å². The molecule has 2 aliphatic rings. The van der Waals surface area contributed by atoms with Crippen molar-refractivity contribution in [2.75, 3.05) is 17.2 Å². The third-order valence-electron chi connectivity index (χ3n) is 7.92. The molecule has 7 rings (SSSR count). The summed E-state index contributed by atoms with van der Waals surface area (Å²) in [5, 5.41) is 18.4. The number of aromatic nitrogens is 4. The number of carboxylic acids is 1. The average molecular weight is 634 g/mol. The summed E-state index contributed by atoms with van der Waals surface area (Å²) in [6.07, 6.45) is 4.00. The zero-order valence-electron chi connectivity index (χ0n) is 25.0. The van der Waals surface area contributed by atoms with Crippen LogP contribution in [0.15, 0.2) is 104 Å². The van der Waals surface area contributed by atoms with E-state index in [1.54, 1.807) is 47.3 Å². The highest BCUT2D eigenvalue weighted by molar-refractivity contribution is 6.02. The smallest absolute Gasteiger partial charge is 0.336 e. The Morgan fingerprint density at radius 2 is 1.60 bits per heavy atom. The number of carbonyl (C=O) groups excluding carboxylic acids is 1. The zero-order valence-corrected chi connectivity index (χ0v) is 25.0. The molecule has 2 amide bonds. The van der Waals surface area contributed by atoms with Crippen LogP contribution in [-0.4, -0.2) is 67.8 Å². The van der Waals surface area contributed by atoms with Gasteiger partial charge in [0.15, 0.2) is 29.5 Å². The summed E-state index contributed by atoms with van der Waals surface area (Å²) in [4.78, 5) is 37.6. The number of para-hydroxylation sites is 1. The molecule has 2 fully saturated rings. The van der Waals surface area contributed by atoms with Crippen molar-refractivity contribution < 1.29 is 28.9 Å². The molecule has 13 nitrogen and oxygen atoms in total. The molecule has 2 saturated heterocycles. The molecule has 1 unspecified atom stereocenters. The van der Waals surface area contributed by atoms with Crippen molar-refractivity contribution in [2.24, 2.45) is 0 Å². The van der Waals surface area contributed by atoms with Gasteiger partial charge in [0, 0.05) is 18.8 Å². The number of benzene rings is 3. The molecule has 0 saturated carbocycles. The van der Waals surface area contributed by atoms with Gasteiger partial charge in [0.25, 0.3) is 0 Å². The molecule has 2 aliphatic heterocycles. The first-order chi connectivity index (χ1) is 23.0. The van der Waals surface area contributed by atoms with E-state index >= 15 is 0 Å². The second kappa shape index (κ2) is 13.5. The maximum atomic E-state index is 12.7. The molecule has 2 aromatic heterocycles. The van der Waals surface area contributed by atoms with Crippen molar-refractivity contribution in [2.45, 2.75) is 37.4 Å². The number of hydrogen-bond donors (Lipinski definition) is 4. The van der Waals surface area contributed by atoms with Crippen LogP contribution in [0.5, 0.6) is 0 Å². The molecule has 13 heteroatoms. The number of ether oxygens (including phenoxy) is 3. The summed E-state index contributed by atoms with van der Waals surface area (Å²) in [5.41, 5.74) is 3.35. The van der Waals surface area contributed by atoms with Crippen molar-refractivity contribution in [1.82, 2.24) is 24.8 Å². The Bertz CT molecular complexity index is 1900. The van der Waals surface area contributed by atoms with Gasteiger partial charge in [0.2, 0.25) is 0 Å². The lowest BCUT2D eigenvalue weighted by atomic mass is 10.1. The molecule has 0 bridgehead atoms. The molecular weight excluding hydrogens is 602 g/mol. The number of urea groups is 1. The van der Waals surface area contributed by atoms with Crippen molar-refractivity contribution in [3.63, 3.8) is 0 Å². The number of carbonyl (C=O) groups is 2. The van der Waals surface area contributed by atoms with Crippen LogP contribution in [-0.2, 0) is 20.8 Å². The third-order valence-corrected chi connectivity index (χ3v) is 7.92. The van der Waals surface area contributed by atoms with Crippen molar-refractivity contribution in [3.8, 4) is 0 Å². The Morgan fingerprint density at radius 3 is 2.40 bits per heavy atom. The first kappa shape index (κ1) is 30.2. The van der Waals surface area contributed by atoms with Crippen LogP contribution >= 0.6 is 0 Å². The monoisotopic (exact) mass is 633 g/mol. The average Bonchev–Trinajstić information content (AvgIpc) is 3.80. The summed E-state index contributed by atoms with van der Waals surface area (Å²) in [7, 11) is 0. The van der Waals surface area contributed by atoms with Gasteiger partial charge >= 0.3 is 12.0 Å². The van der Waals surface area contributed by atoms with E-state index in [1.165, 1.54) is 6.33 Å². The predicted octanol–water partition coefficient (Wildman–Crippen LogP) is 4.68. The second-order valence-electron chi connectivity index (χ2n) is 11.0. The highest BCUT2D eigenvalue weighted by atomic mass is 16.8. The van der Waals surface area contributed by atoms with E-state index in [9.17, 15) is 14.7 Å². The number of amides is 2. The largest absolute Gasteiger partial charge is 0.478 e. The molecule has 4 N–H and O–H groups in total. The summed E-state index contributed by atoms with van der Waals surface area (Å²) in [6.45, 7) is 0.683. The molecule has 0 spiro atoms. The van der Waals surface area contributed by atoms with Gasteiger partial charge in [-0.25, -0.2) is 24.5 Å². The third kappa shape index (κ3) is 6.59. The Hall–Kier alpha value is -5.47. The van der Waals surface area contributed by atoms with Crippen molar-refractivity contribution in [3.05, 3.63) is 120 Å². The number of nitrogens with one attached hydrogen (secondary N) is 3. The molecule has 238 valence electrons. The normalized spacial score (nSPS) is 22.0. The summed E-state index contributed by atoms with van der Waals surface area (Å²) < 4.78 is 21.0. The summed E-state index contributed by atoms with van der Waals surface area (Å²) in [6, 6.07) is 25.3. The molecule has 5 atom stereocenters. The lowest BCUT2D eigenvalue weighted by Crippen LogP contribution is -2.36. The Kier molecular flexibility index (Phi) is 8.66. The quantitative estimate of drug-likeness (QED) is 0.170. The van der Waals surface area contributed by atoms with Crippen LogP contribution in [0, 0.1) is 0 Å². The molecule has 5 aromatic rings. The number of anilines is 2. The predicted molar refractivity (Wildman–Crippen MR) is 172 cm³/mol. The van der Waals surface area contributed by atoms with Gasteiger partial charge in [-0.15, -0.1) is 0 Å². The lowest BCUT2D eigenvalue weighted by Gasteiger charge is -2.21. The molecule has 0 radical (unpaired) electrons. The first-order valence-electron chi connectivity index (χ1n) is 15.1. The van der Waals surface area contributed by atoms with Crippen LogP contribution in [0.4, 0.5) is 16.3 Å². The van der Waals surface area contributed by atoms with E-state index in [-0.39, 0.29) is 11.4 Å². The fourth-order valence-electron chi connectivity index (χ4n) is 5.75. The van der Waals surface area contributed by atoms with Gasteiger partial charge in [-0.3, -0.25) is 9.88 Å².